The first-order valence-electron chi connectivity index (χ1n) is 4.38. The van der Waals surface area contributed by atoms with Crippen LogP contribution in [0.4, 0.5) is 0 Å². The Kier molecular flexibility index (Phi) is 2.60. The molecule has 0 aliphatic heterocycles. The van der Waals surface area contributed by atoms with Crippen LogP contribution >= 0.6 is 11.3 Å². The molecule has 2 aromatic heterocycles. The molecule has 0 aliphatic rings. The van der Waals surface area contributed by atoms with Crippen molar-refractivity contribution in [3.8, 4) is 0 Å². The van der Waals surface area contributed by atoms with Crippen molar-refractivity contribution >= 4 is 11.3 Å². The molecule has 1 unspecified atom stereocenters. The molecule has 2 heterocycles. The molecule has 0 amide bonds. The van der Waals surface area contributed by atoms with E-state index < -0.39 is 0 Å². The van der Waals surface area contributed by atoms with Gasteiger partial charge in [0.15, 0.2) is 0 Å². The molecule has 1 atom stereocenters. The Balaban J connectivity index is 2.06. The van der Waals surface area contributed by atoms with Gasteiger partial charge in [0, 0.05) is 30.7 Å². The fourth-order valence-corrected chi connectivity index (χ4v) is 1.95. The lowest BCUT2D eigenvalue weighted by molar-refractivity contribution is 0.661. The molecule has 2 aromatic rings. The summed E-state index contributed by atoms with van der Waals surface area (Å²) in [5.74, 6) is 0. The highest BCUT2D eigenvalue weighted by Crippen LogP contribution is 2.16. The van der Waals surface area contributed by atoms with Crippen LogP contribution < -0.4 is 5.73 Å². The lowest BCUT2D eigenvalue weighted by Crippen LogP contribution is -2.13. The van der Waals surface area contributed by atoms with E-state index in [2.05, 4.69) is 10.1 Å². The third-order valence-electron chi connectivity index (χ3n) is 2.02. The van der Waals surface area contributed by atoms with Crippen molar-refractivity contribution in [3.05, 3.63) is 34.5 Å². The fourth-order valence-electron chi connectivity index (χ4n) is 1.30. The zero-order chi connectivity index (χ0) is 9.97. The first kappa shape index (κ1) is 9.36. The van der Waals surface area contributed by atoms with Gasteiger partial charge in [-0.25, -0.2) is 0 Å². The maximum absolute atomic E-state index is 6.00. The van der Waals surface area contributed by atoms with Crippen LogP contribution in [-0.4, -0.2) is 14.8 Å². The Labute approximate surface area is 86.4 Å². The lowest BCUT2D eigenvalue weighted by atomic mass is 10.1. The summed E-state index contributed by atoms with van der Waals surface area (Å²) in [6.45, 7) is 0. The highest BCUT2D eigenvalue weighted by Gasteiger charge is 2.10. The molecule has 0 saturated carbocycles. The van der Waals surface area contributed by atoms with Crippen LogP contribution in [0.3, 0.4) is 0 Å². The summed E-state index contributed by atoms with van der Waals surface area (Å²) < 4.78 is 1.77. The largest absolute Gasteiger partial charge is 0.322 e. The number of rotatable bonds is 3. The standard InChI is InChI=1S/C9H12N4S/c1-13-3-2-9(12-13)8(10)4-7-5-11-6-14-7/h2-3,5-6,8H,4,10H2,1H3. The smallest absolute Gasteiger partial charge is 0.0795 e. The zero-order valence-corrected chi connectivity index (χ0v) is 8.74. The van der Waals surface area contributed by atoms with Gasteiger partial charge in [0.25, 0.3) is 0 Å². The Morgan fingerprint density at radius 3 is 3.07 bits per heavy atom. The predicted octanol–water partition coefficient (Wildman–Crippen LogP) is 1.12. The minimum absolute atomic E-state index is 0.0309. The molecular weight excluding hydrogens is 196 g/mol. The van der Waals surface area contributed by atoms with Crippen molar-refractivity contribution in [1.82, 2.24) is 14.8 Å². The molecule has 0 bridgehead atoms. The van der Waals surface area contributed by atoms with E-state index in [0.717, 1.165) is 12.1 Å². The normalized spacial score (nSPS) is 13.0. The van der Waals surface area contributed by atoms with Crippen molar-refractivity contribution in [2.45, 2.75) is 12.5 Å². The first-order valence-corrected chi connectivity index (χ1v) is 5.26. The molecular formula is C9H12N4S. The van der Waals surface area contributed by atoms with Crippen molar-refractivity contribution in [3.63, 3.8) is 0 Å². The van der Waals surface area contributed by atoms with E-state index in [1.807, 2.05) is 31.0 Å². The third kappa shape index (κ3) is 2.00. The zero-order valence-electron chi connectivity index (χ0n) is 7.92. The third-order valence-corrected chi connectivity index (χ3v) is 2.82. The van der Waals surface area contributed by atoms with Crippen LogP contribution in [0.15, 0.2) is 24.0 Å². The molecule has 14 heavy (non-hydrogen) atoms. The molecule has 0 aliphatic carbocycles. The SMILES string of the molecule is Cn1ccc(C(N)Cc2cncs2)n1. The second-order valence-electron chi connectivity index (χ2n) is 3.19. The Morgan fingerprint density at radius 1 is 1.64 bits per heavy atom. The van der Waals surface area contributed by atoms with E-state index in [1.54, 1.807) is 16.0 Å². The monoisotopic (exact) mass is 208 g/mol. The summed E-state index contributed by atoms with van der Waals surface area (Å²) in [5, 5.41) is 4.27. The van der Waals surface area contributed by atoms with Gasteiger partial charge in [-0.2, -0.15) is 5.10 Å². The highest BCUT2D eigenvalue weighted by atomic mass is 32.1. The molecule has 0 radical (unpaired) electrons. The molecule has 2 rings (SSSR count). The predicted molar refractivity (Wildman–Crippen MR) is 56.0 cm³/mol. The summed E-state index contributed by atoms with van der Waals surface area (Å²) in [4.78, 5) is 5.21. The van der Waals surface area contributed by atoms with Gasteiger partial charge >= 0.3 is 0 Å². The van der Waals surface area contributed by atoms with Crippen molar-refractivity contribution < 1.29 is 0 Å². The molecule has 0 spiro atoms. The van der Waals surface area contributed by atoms with Crippen LogP contribution in [-0.2, 0) is 13.5 Å². The van der Waals surface area contributed by atoms with Gasteiger partial charge in [-0.1, -0.05) is 0 Å². The number of aromatic nitrogens is 3. The van der Waals surface area contributed by atoms with Gasteiger partial charge < -0.3 is 5.73 Å². The van der Waals surface area contributed by atoms with E-state index >= 15 is 0 Å². The average molecular weight is 208 g/mol. The molecule has 5 heteroatoms. The van der Waals surface area contributed by atoms with Crippen LogP contribution in [0.1, 0.15) is 16.6 Å². The van der Waals surface area contributed by atoms with Gasteiger partial charge in [0.2, 0.25) is 0 Å². The highest BCUT2D eigenvalue weighted by molar-refractivity contribution is 7.09. The minimum Gasteiger partial charge on any atom is -0.322 e. The summed E-state index contributed by atoms with van der Waals surface area (Å²) in [6, 6.07) is 1.92. The van der Waals surface area contributed by atoms with Crippen molar-refractivity contribution in [2.75, 3.05) is 0 Å². The van der Waals surface area contributed by atoms with Crippen LogP contribution in [0.2, 0.25) is 0 Å². The number of thiazole rings is 1. The first-order chi connectivity index (χ1) is 6.75. The van der Waals surface area contributed by atoms with E-state index in [4.69, 9.17) is 5.73 Å². The van der Waals surface area contributed by atoms with Crippen molar-refractivity contribution in [2.24, 2.45) is 12.8 Å². The quantitative estimate of drug-likeness (QED) is 0.822. The minimum atomic E-state index is -0.0309. The summed E-state index contributed by atoms with van der Waals surface area (Å²) in [5.41, 5.74) is 8.75. The van der Waals surface area contributed by atoms with Gasteiger partial charge in [0.05, 0.1) is 17.2 Å². The molecule has 0 saturated heterocycles. The number of aryl methyl sites for hydroxylation is 1. The Bertz CT molecular complexity index is 393. The van der Waals surface area contributed by atoms with E-state index in [1.165, 1.54) is 4.88 Å². The maximum atomic E-state index is 6.00. The number of nitrogens with two attached hydrogens (primary N) is 1. The summed E-state index contributed by atoms with van der Waals surface area (Å²) >= 11 is 1.63. The molecule has 0 aromatic carbocycles. The second kappa shape index (κ2) is 3.89. The molecule has 4 nitrogen and oxygen atoms in total. The Hall–Kier alpha value is -1.20. The lowest BCUT2D eigenvalue weighted by Gasteiger charge is -2.05. The maximum Gasteiger partial charge on any atom is 0.0795 e. The van der Waals surface area contributed by atoms with Crippen LogP contribution in [0.25, 0.3) is 0 Å². The second-order valence-corrected chi connectivity index (χ2v) is 4.16. The Morgan fingerprint density at radius 2 is 2.50 bits per heavy atom. The average Bonchev–Trinajstić information content (AvgIpc) is 2.75. The van der Waals surface area contributed by atoms with Gasteiger partial charge in [-0.05, 0) is 6.07 Å². The molecule has 74 valence electrons. The summed E-state index contributed by atoms with van der Waals surface area (Å²) in [6.07, 6.45) is 4.57. The van der Waals surface area contributed by atoms with E-state index in [9.17, 15) is 0 Å². The fraction of sp³-hybridized carbons (Fsp3) is 0.333. The van der Waals surface area contributed by atoms with Gasteiger partial charge in [-0.15, -0.1) is 11.3 Å². The topological polar surface area (TPSA) is 56.7 Å². The van der Waals surface area contributed by atoms with Gasteiger partial charge in [0.1, 0.15) is 0 Å². The number of hydrogen-bond acceptors (Lipinski definition) is 4. The van der Waals surface area contributed by atoms with Crippen molar-refractivity contribution in [1.29, 1.82) is 0 Å². The molecule has 0 fully saturated rings. The van der Waals surface area contributed by atoms with Gasteiger partial charge in [-0.3, -0.25) is 9.67 Å². The molecule has 2 N–H and O–H groups in total. The van der Waals surface area contributed by atoms with Crippen LogP contribution in [0.5, 0.6) is 0 Å². The van der Waals surface area contributed by atoms with E-state index in [0.29, 0.717) is 0 Å². The number of nitrogens with zero attached hydrogens (tertiary/aromatic N) is 3. The summed E-state index contributed by atoms with van der Waals surface area (Å²) in [7, 11) is 1.89. The van der Waals surface area contributed by atoms with E-state index in [-0.39, 0.29) is 6.04 Å². The number of hydrogen-bond donors (Lipinski definition) is 1. The van der Waals surface area contributed by atoms with Crippen LogP contribution in [0, 0.1) is 0 Å².